The molecule has 0 fully saturated rings. The zero-order chi connectivity index (χ0) is 17.0. The van der Waals surface area contributed by atoms with Crippen molar-refractivity contribution in [1.29, 1.82) is 0 Å². The van der Waals surface area contributed by atoms with Gasteiger partial charge >= 0.3 is 7.12 Å². The van der Waals surface area contributed by atoms with Crippen molar-refractivity contribution in [3.63, 3.8) is 0 Å². The summed E-state index contributed by atoms with van der Waals surface area (Å²) >= 11 is 0. The highest BCUT2D eigenvalue weighted by atomic mass is 19.1. The van der Waals surface area contributed by atoms with Crippen LogP contribution in [-0.4, -0.2) is 17.2 Å². The quantitative estimate of drug-likeness (QED) is 0.803. The molecule has 0 spiro atoms. The first-order valence-electron chi connectivity index (χ1n) is 7.87. The maximum Gasteiger partial charge on any atom is 0.488 e. The summed E-state index contributed by atoms with van der Waals surface area (Å²) in [5.41, 5.74) is 1.10. The summed E-state index contributed by atoms with van der Waals surface area (Å²) in [6.45, 7) is 4.27. The predicted octanol–water partition coefficient (Wildman–Crippen LogP) is 3.29. The third-order valence-corrected chi connectivity index (χ3v) is 4.25. The van der Waals surface area contributed by atoms with Gasteiger partial charge in [0.1, 0.15) is 11.6 Å². The van der Waals surface area contributed by atoms with Crippen molar-refractivity contribution in [2.45, 2.75) is 33.1 Å². The lowest BCUT2D eigenvalue weighted by Crippen LogP contribution is -2.30. The van der Waals surface area contributed by atoms with Gasteiger partial charge in [-0.05, 0) is 47.5 Å². The molecule has 0 saturated carbocycles. The second-order valence-corrected chi connectivity index (χ2v) is 5.94. The van der Waals surface area contributed by atoms with Gasteiger partial charge in [-0.3, -0.25) is 0 Å². The minimum Gasteiger partial charge on any atom is -0.423 e. The van der Waals surface area contributed by atoms with Crippen LogP contribution in [0.15, 0.2) is 36.4 Å². The van der Waals surface area contributed by atoms with Gasteiger partial charge in [0.25, 0.3) is 0 Å². The molecule has 122 valence electrons. The highest BCUT2D eigenvalue weighted by molar-refractivity contribution is 6.58. The van der Waals surface area contributed by atoms with Crippen LogP contribution < -0.4 is 5.46 Å². The van der Waals surface area contributed by atoms with Gasteiger partial charge in [-0.15, -0.1) is 0 Å². The van der Waals surface area contributed by atoms with Gasteiger partial charge < -0.3 is 10.0 Å². The molecule has 0 aliphatic rings. The lowest BCUT2D eigenvalue weighted by Gasteiger charge is -2.14. The van der Waals surface area contributed by atoms with Gasteiger partial charge in [0.05, 0.1) is 5.56 Å². The Hall–Kier alpha value is -1.72. The van der Waals surface area contributed by atoms with E-state index in [4.69, 9.17) is 10.0 Å². The average Bonchev–Trinajstić information content (AvgIpc) is 2.52. The Kier molecular flexibility index (Phi) is 5.91. The molecule has 2 aromatic rings. The molecule has 0 saturated heterocycles. The van der Waals surface area contributed by atoms with E-state index in [0.29, 0.717) is 11.5 Å². The number of halogens is 2. The number of hydrogen-bond donors (Lipinski definition) is 2. The summed E-state index contributed by atoms with van der Waals surface area (Å²) in [4.78, 5) is 0. The largest absolute Gasteiger partial charge is 0.488 e. The molecule has 5 heteroatoms. The van der Waals surface area contributed by atoms with Gasteiger partial charge in [-0.25, -0.2) is 8.78 Å². The smallest absolute Gasteiger partial charge is 0.423 e. The van der Waals surface area contributed by atoms with Crippen molar-refractivity contribution < 1.29 is 18.8 Å². The third-order valence-electron chi connectivity index (χ3n) is 4.25. The predicted molar refractivity (Wildman–Crippen MR) is 89.4 cm³/mol. The fraction of sp³-hybridized carbons (Fsp3) is 0.333. The maximum atomic E-state index is 14.3. The molecule has 2 nitrogen and oxygen atoms in total. The fourth-order valence-electron chi connectivity index (χ4n) is 2.59. The molecule has 0 aromatic heterocycles. The van der Waals surface area contributed by atoms with Crippen LogP contribution in [-0.2, 0) is 6.42 Å². The molecular weight excluding hydrogens is 297 g/mol. The van der Waals surface area contributed by atoms with Crippen LogP contribution in [0.3, 0.4) is 0 Å². The molecule has 2 N–H and O–H groups in total. The first-order chi connectivity index (χ1) is 10.9. The van der Waals surface area contributed by atoms with E-state index >= 15 is 0 Å². The van der Waals surface area contributed by atoms with Crippen molar-refractivity contribution in [3.05, 3.63) is 53.6 Å². The van der Waals surface area contributed by atoms with E-state index in [1.165, 1.54) is 0 Å². The second-order valence-electron chi connectivity index (χ2n) is 5.94. The van der Waals surface area contributed by atoms with Crippen molar-refractivity contribution in [3.8, 4) is 11.1 Å². The van der Waals surface area contributed by atoms with E-state index in [0.717, 1.165) is 37.0 Å². The van der Waals surface area contributed by atoms with Crippen LogP contribution >= 0.6 is 0 Å². The summed E-state index contributed by atoms with van der Waals surface area (Å²) < 4.78 is 28.7. The molecular formula is C18H21BF2O2. The lowest BCUT2D eigenvalue weighted by molar-refractivity contribution is 0.425. The van der Waals surface area contributed by atoms with Gasteiger partial charge in [-0.1, -0.05) is 44.5 Å². The highest BCUT2D eigenvalue weighted by Gasteiger charge is 2.20. The molecule has 2 rings (SSSR count). The van der Waals surface area contributed by atoms with Crippen LogP contribution in [0.4, 0.5) is 8.78 Å². The molecule has 0 aliphatic carbocycles. The Labute approximate surface area is 135 Å². The first-order valence-corrected chi connectivity index (χ1v) is 7.87. The van der Waals surface area contributed by atoms with Crippen molar-refractivity contribution in [2.24, 2.45) is 5.92 Å². The van der Waals surface area contributed by atoms with E-state index < -0.39 is 18.8 Å². The Morgan fingerprint density at radius 2 is 1.70 bits per heavy atom. The summed E-state index contributed by atoms with van der Waals surface area (Å²) in [7, 11) is -1.89. The van der Waals surface area contributed by atoms with Crippen LogP contribution in [0.25, 0.3) is 11.1 Å². The summed E-state index contributed by atoms with van der Waals surface area (Å²) in [6, 6.07) is 9.11. The van der Waals surface area contributed by atoms with E-state index in [9.17, 15) is 8.78 Å². The third kappa shape index (κ3) is 4.18. The Morgan fingerprint density at radius 1 is 1.09 bits per heavy atom. The number of benzene rings is 2. The highest BCUT2D eigenvalue weighted by Crippen LogP contribution is 2.30. The molecule has 0 unspecified atom stereocenters. The summed E-state index contributed by atoms with van der Waals surface area (Å²) in [6.07, 6.45) is 2.76. The lowest BCUT2D eigenvalue weighted by atomic mass is 9.79. The van der Waals surface area contributed by atoms with Gasteiger partial charge in [0.2, 0.25) is 0 Å². The van der Waals surface area contributed by atoms with Crippen LogP contribution in [0.5, 0.6) is 0 Å². The molecule has 0 bridgehead atoms. The second kappa shape index (κ2) is 7.71. The topological polar surface area (TPSA) is 40.5 Å². The SMILES string of the molecule is CC[C@@H](C)CCc1ccccc1-c1c(F)cc(B(O)O)cc1F. The number of aryl methyl sites for hydroxylation is 1. The first kappa shape index (κ1) is 17.6. The summed E-state index contributed by atoms with van der Waals surface area (Å²) in [5, 5.41) is 18.2. The van der Waals surface area contributed by atoms with E-state index in [2.05, 4.69) is 13.8 Å². The molecule has 0 heterocycles. The normalized spacial score (nSPS) is 12.3. The van der Waals surface area contributed by atoms with Gasteiger partial charge in [0, 0.05) is 0 Å². The molecule has 23 heavy (non-hydrogen) atoms. The minimum atomic E-state index is -1.89. The van der Waals surface area contributed by atoms with Crippen molar-refractivity contribution >= 4 is 12.6 Å². The number of rotatable bonds is 6. The van der Waals surface area contributed by atoms with E-state index in [-0.39, 0.29) is 11.0 Å². The van der Waals surface area contributed by atoms with Crippen LogP contribution in [0.1, 0.15) is 32.3 Å². The maximum absolute atomic E-state index is 14.3. The zero-order valence-electron chi connectivity index (χ0n) is 13.4. The molecule has 1 atom stereocenters. The molecule has 2 aromatic carbocycles. The zero-order valence-corrected chi connectivity index (χ0v) is 13.4. The number of hydrogen-bond acceptors (Lipinski definition) is 2. The standard InChI is InChI=1S/C18H21BF2O2/c1-3-12(2)8-9-13-6-4-5-7-15(13)18-16(20)10-14(19(22)23)11-17(18)21/h4-7,10-12,22-23H,3,8-9H2,1-2H3/t12-/m1/s1. The molecule has 0 radical (unpaired) electrons. The molecule has 0 aliphatic heterocycles. The fourth-order valence-corrected chi connectivity index (χ4v) is 2.59. The van der Waals surface area contributed by atoms with Crippen LogP contribution in [0.2, 0.25) is 0 Å². The monoisotopic (exact) mass is 318 g/mol. The Balaban J connectivity index is 2.43. The van der Waals surface area contributed by atoms with E-state index in [1.54, 1.807) is 12.1 Å². The van der Waals surface area contributed by atoms with E-state index in [1.807, 2.05) is 12.1 Å². The van der Waals surface area contributed by atoms with Crippen molar-refractivity contribution in [1.82, 2.24) is 0 Å². The van der Waals surface area contributed by atoms with Gasteiger partial charge in [-0.2, -0.15) is 0 Å². The Morgan fingerprint density at radius 3 is 2.26 bits per heavy atom. The van der Waals surface area contributed by atoms with Crippen LogP contribution in [0, 0.1) is 17.6 Å². The molecule has 0 amide bonds. The summed E-state index contributed by atoms with van der Waals surface area (Å²) in [5.74, 6) is -1.03. The van der Waals surface area contributed by atoms with Crippen molar-refractivity contribution in [2.75, 3.05) is 0 Å². The minimum absolute atomic E-state index is 0.117. The average molecular weight is 318 g/mol. The van der Waals surface area contributed by atoms with Gasteiger partial charge in [0.15, 0.2) is 0 Å². The Bertz CT molecular complexity index is 651.